The molecule has 0 fully saturated rings. The second-order valence-electron chi connectivity index (χ2n) is 5.58. The zero-order valence-corrected chi connectivity index (χ0v) is 15.4. The summed E-state index contributed by atoms with van der Waals surface area (Å²) >= 11 is 0. The third kappa shape index (κ3) is 5.40. The van der Waals surface area contributed by atoms with Gasteiger partial charge in [-0.1, -0.05) is 12.1 Å². The highest BCUT2D eigenvalue weighted by molar-refractivity contribution is 8.93. The number of guanidine groups is 2. The largest absolute Gasteiger partial charge is 0.493 e. The first-order valence-corrected chi connectivity index (χ1v) is 7.20. The molecule has 23 heavy (non-hydrogen) atoms. The minimum atomic E-state index is -0.673. The molecule has 4 N–H and O–H groups in total. The number of nitrogens with zero attached hydrogens (tertiary/aromatic N) is 3. The SMILES string of the molecule is Br.Cc1cccc(OCCCON2C(N)=NC(N)=NC2(C)C)c1. The summed E-state index contributed by atoms with van der Waals surface area (Å²) in [4.78, 5) is 13.8. The van der Waals surface area contributed by atoms with Crippen LogP contribution >= 0.6 is 17.0 Å². The highest BCUT2D eigenvalue weighted by atomic mass is 79.9. The number of benzene rings is 1. The lowest BCUT2D eigenvalue weighted by Gasteiger charge is -2.36. The van der Waals surface area contributed by atoms with Crippen LogP contribution in [0.5, 0.6) is 5.75 Å². The van der Waals surface area contributed by atoms with Crippen molar-refractivity contribution in [3.8, 4) is 5.75 Å². The normalized spacial score (nSPS) is 16.2. The van der Waals surface area contributed by atoms with Gasteiger partial charge in [0.1, 0.15) is 5.75 Å². The van der Waals surface area contributed by atoms with Gasteiger partial charge in [-0.05, 0) is 38.5 Å². The van der Waals surface area contributed by atoms with Crippen molar-refractivity contribution in [2.24, 2.45) is 21.5 Å². The molecule has 0 radical (unpaired) electrons. The summed E-state index contributed by atoms with van der Waals surface area (Å²) < 4.78 is 5.66. The van der Waals surface area contributed by atoms with Gasteiger partial charge >= 0.3 is 0 Å². The van der Waals surface area contributed by atoms with Gasteiger partial charge in [0.25, 0.3) is 0 Å². The second-order valence-corrected chi connectivity index (χ2v) is 5.58. The molecular weight excluding hydrogens is 362 g/mol. The Morgan fingerprint density at radius 2 is 1.96 bits per heavy atom. The number of nitrogens with two attached hydrogens (primary N) is 2. The third-order valence-corrected chi connectivity index (χ3v) is 3.09. The number of hydrogen-bond acceptors (Lipinski definition) is 7. The molecule has 0 spiro atoms. The first-order chi connectivity index (χ1) is 10.4. The van der Waals surface area contributed by atoms with E-state index in [2.05, 4.69) is 9.98 Å². The van der Waals surface area contributed by atoms with Crippen molar-refractivity contribution in [1.82, 2.24) is 5.06 Å². The third-order valence-electron chi connectivity index (χ3n) is 3.09. The average Bonchev–Trinajstić information content (AvgIpc) is 2.40. The maximum atomic E-state index is 5.83. The fourth-order valence-corrected chi connectivity index (χ4v) is 2.13. The van der Waals surface area contributed by atoms with Crippen LogP contribution in [-0.2, 0) is 4.84 Å². The molecule has 1 aliphatic heterocycles. The van der Waals surface area contributed by atoms with E-state index in [0.717, 1.165) is 5.75 Å². The van der Waals surface area contributed by atoms with Crippen molar-refractivity contribution in [3.63, 3.8) is 0 Å². The van der Waals surface area contributed by atoms with Crippen LogP contribution in [0.3, 0.4) is 0 Å². The minimum absolute atomic E-state index is 0. The van der Waals surface area contributed by atoms with Gasteiger partial charge in [-0.2, -0.15) is 10.1 Å². The summed E-state index contributed by atoms with van der Waals surface area (Å²) in [5.41, 5.74) is 11.9. The molecule has 128 valence electrons. The smallest absolute Gasteiger partial charge is 0.226 e. The van der Waals surface area contributed by atoms with E-state index in [9.17, 15) is 0 Å². The maximum absolute atomic E-state index is 5.83. The topological polar surface area (TPSA) is 98.5 Å². The van der Waals surface area contributed by atoms with Crippen LogP contribution in [0.4, 0.5) is 0 Å². The van der Waals surface area contributed by atoms with Crippen LogP contribution in [0.25, 0.3) is 0 Å². The van der Waals surface area contributed by atoms with Gasteiger partial charge in [0.05, 0.1) is 13.2 Å². The molecule has 0 saturated heterocycles. The molecule has 0 aliphatic carbocycles. The van der Waals surface area contributed by atoms with E-state index < -0.39 is 5.66 Å². The summed E-state index contributed by atoms with van der Waals surface area (Å²) in [6, 6.07) is 7.93. The van der Waals surface area contributed by atoms with Gasteiger partial charge in [-0.25, -0.2) is 4.99 Å². The molecule has 0 unspecified atom stereocenters. The first kappa shape index (κ1) is 19.2. The summed E-state index contributed by atoms with van der Waals surface area (Å²) in [6.07, 6.45) is 0.715. The molecule has 0 atom stereocenters. The fourth-order valence-electron chi connectivity index (χ4n) is 2.13. The molecule has 1 aromatic rings. The molecule has 7 nitrogen and oxygen atoms in total. The van der Waals surface area contributed by atoms with Gasteiger partial charge in [-0.3, -0.25) is 4.84 Å². The van der Waals surface area contributed by atoms with E-state index in [1.807, 2.05) is 45.0 Å². The van der Waals surface area contributed by atoms with Crippen molar-refractivity contribution < 1.29 is 9.57 Å². The van der Waals surface area contributed by atoms with Crippen molar-refractivity contribution >= 4 is 28.9 Å². The Kier molecular flexibility index (Phi) is 6.83. The van der Waals surface area contributed by atoms with Crippen molar-refractivity contribution in [3.05, 3.63) is 29.8 Å². The monoisotopic (exact) mass is 385 g/mol. The van der Waals surface area contributed by atoms with Crippen LogP contribution in [0.1, 0.15) is 25.8 Å². The van der Waals surface area contributed by atoms with E-state index in [-0.39, 0.29) is 28.9 Å². The Morgan fingerprint density at radius 3 is 2.61 bits per heavy atom. The van der Waals surface area contributed by atoms with Crippen LogP contribution in [0, 0.1) is 6.92 Å². The number of rotatable bonds is 6. The molecule has 0 aromatic heterocycles. The highest BCUT2D eigenvalue weighted by Gasteiger charge is 2.32. The maximum Gasteiger partial charge on any atom is 0.226 e. The van der Waals surface area contributed by atoms with Crippen LogP contribution in [0.2, 0.25) is 0 Å². The quantitative estimate of drug-likeness (QED) is 0.729. The molecule has 1 aromatic carbocycles. The summed E-state index contributed by atoms with van der Waals surface area (Å²) in [7, 11) is 0. The summed E-state index contributed by atoms with van der Waals surface area (Å²) in [6.45, 7) is 6.74. The van der Waals surface area contributed by atoms with Crippen LogP contribution in [0.15, 0.2) is 34.3 Å². The molecular formula is C15H24BrN5O2. The lowest BCUT2D eigenvalue weighted by Crippen LogP contribution is -2.53. The van der Waals surface area contributed by atoms with E-state index in [4.69, 9.17) is 21.0 Å². The molecule has 1 aliphatic rings. The summed E-state index contributed by atoms with van der Waals surface area (Å²) in [5, 5.41) is 1.47. The number of aliphatic imine (C=N–C) groups is 2. The molecule has 2 rings (SSSR count). The molecule has 0 bridgehead atoms. The molecule has 1 heterocycles. The Morgan fingerprint density at radius 1 is 1.22 bits per heavy atom. The van der Waals surface area contributed by atoms with Crippen molar-refractivity contribution in [2.75, 3.05) is 13.2 Å². The van der Waals surface area contributed by atoms with Crippen LogP contribution < -0.4 is 16.2 Å². The Labute approximate surface area is 147 Å². The summed E-state index contributed by atoms with van der Waals surface area (Å²) in [5.74, 6) is 1.22. The number of halogens is 1. The first-order valence-electron chi connectivity index (χ1n) is 7.20. The highest BCUT2D eigenvalue weighted by Crippen LogP contribution is 2.20. The Bertz CT molecular complexity index is 589. The zero-order valence-electron chi connectivity index (χ0n) is 13.7. The number of ether oxygens (including phenoxy) is 1. The number of hydroxylamine groups is 2. The molecule has 0 amide bonds. The Balaban J connectivity index is 0.00000264. The van der Waals surface area contributed by atoms with Gasteiger partial charge < -0.3 is 16.2 Å². The Hall–Kier alpha value is -1.80. The second kappa shape index (κ2) is 8.16. The minimum Gasteiger partial charge on any atom is -0.493 e. The lowest BCUT2D eigenvalue weighted by atomic mass is 10.2. The van der Waals surface area contributed by atoms with Crippen molar-refractivity contribution in [2.45, 2.75) is 32.9 Å². The van der Waals surface area contributed by atoms with Crippen LogP contribution in [-0.4, -0.2) is 35.9 Å². The van der Waals surface area contributed by atoms with E-state index in [1.54, 1.807) is 0 Å². The predicted molar refractivity (Wildman–Crippen MR) is 96.7 cm³/mol. The van der Waals surface area contributed by atoms with Gasteiger partial charge in [-0.15, -0.1) is 17.0 Å². The lowest BCUT2D eigenvalue weighted by molar-refractivity contribution is -0.158. The predicted octanol–water partition coefficient (Wildman–Crippen LogP) is 1.95. The zero-order chi connectivity index (χ0) is 16.2. The number of aryl methyl sites for hydroxylation is 1. The molecule has 8 heteroatoms. The van der Waals surface area contributed by atoms with Gasteiger partial charge in [0.2, 0.25) is 11.9 Å². The van der Waals surface area contributed by atoms with E-state index in [0.29, 0.717) is 19.6 Å². The standard InChI is InChI=1S/C15H23N5O2.BrH/c1-11-6-4-7-12(10-11)21-8-5-9-22-20-14(17)18-13(16)19-15(20,2)3;/h4,6-7,10H,5,8-9H2,1-3H3,(H4,16,17,18,19);1H. The molecule has 0 saturated carbocycles. The average molecular weight is 386 g/mol. The fraction of sp³-hybridized carbons (Fsp3) is 0.467. The van der Waals surface area contributed by atoms with E-state index >= 15 is 0 Å². The van der Waals surface area contributed by atoms with Gasteiger partial charge in [0, 0.05) is 6.42 Å². The number of hydrogen-bond donors (Lipinski definition) is 2. The van der Waals surface area contributed by atoms with Crippen molar-refractivity contribution in [1.29, 1.82) is 0 Å². The van der Waals surface area contributed by atoms with E-state index in [1.165, 1.54) is 10.6 Å². The van der Waals surface area contributed by atoms with Gasteiger partial charge in [0.15, 0.2) is 5.66 Å².